The van der Waals surface area contributed by atoms with E-state index in [2.05, 4.69) is 47.1 Å². The lowest BCUT2D eigenvalue weighted by molar-refractivity contribution is -0.00268. The van der Waals surface area contributed by atoms with Gasteiger partial charge >= 0.3 is 0 Å². The Morgan fingerprint density at radius 3 is 2.92 bits per heavy atom. The fraction of sp³-hybridized carbons (Fsp3) is 0.652. The minimum Gasteiger partial charge on any atom is -0.299 e. The van der Waals surface area contributed by atoms with Gasteiger partial charge in [-0.25, -0.2) is 0 Å². The van der Waals surface area contributed by atoms with Gasteiger partial charge in [-0.05, 0) is 75.1 Å². The molecular formula is C23H32N2. The van der Waals surface area contributed by atoms with Crippen LogP contribution in [0, 0.1) is 18.8 Å². The maximum atomic E-state index is 2.86. The van der Waals surface area contributed by atoms with E-state index in [1.807, 2.05) is 0 Å². The van der Waals surface area contributed by atoms with E-state index in [9.17, 15) is 0 Å². The van der Waals surface area contributed by atoms with E-state index in [1.54, 1.807) is 5.57 Å². The molecule has 4 atom stereocenters. The van der Waals surface area contributed by atoms with Crippen LogP contribution in [0.4, 0.5) is 0 Å². The van der Waals surface area contributed by atoms with Gasteiger partial charge in [0.25, 0.3) is 0 Å². The van der Waals surface area contributed by atoms with Crippen molar-refractivity contribution >= 4 is 0 Å². The number of aryl methyl sites for hydroxylation is 1. The summed E-state index contributed by atoms with van der Waals surface area (Å²) in [6.45, 7) is 7.39. The van der Waals surface area contributed by atoms with Gasteiger partial charge in [0.2, 0.25) is 0 Å². The summed E-state index contributed by atoms with van der Waals surface area (Å²) in [7, 11) is 0. The van der Waals surface area contributed by atoms with Crippen molar-refractivity contribution in [1.82, 2.24) is 9.80 Å². The Bertz CT molecular complexity index is 664. The zero-order valence-electron chi connectivity index (χ0n) is 15.7. The van der Waals surface area contributed by atoms with E-state index in [1.165, 1.54) is 69.3 Å². The molecule has 3 saturated heterocycles. The van der Waals surface area contributed by atoms with Crippen LogP contribution in [0.15, 0.2) is 35.9 Å². The molecular weight excluding hydrogens is 304 g/mol. The third-order valence-electron chi connectivity index (χ3n) is 7.40. The summed E-state index contributed by atoms with van der Waals surface area (Å²) in [6, 6.07) is 10.6. The van der Waals surface area contributed by atoms with Crippen molar-refractivity contribution in [3.05, 3.63) is 47.0 Å². The van der Waals surface area contributed by atoms with Crippen molar-refractivity contribution in [3.8, 4) is 0 Å². The number of fused-ring (bicyclic) bond motifs is 6. The highest BCUT2D eigenvalue weighted by Gasteiger charge is 2.45. The Hall–Kier alpha value is -1.12. The maximum absolute atomic E-state index is 2.86. The van der Waals surface area contributed by atoms with Crippen LogP contribution in [0.3, 0.4) is 0 Å². The van der Waals surface area contributed by atoms with E-state index < -0.39 is 0 Å². The Morgan fingerprint density at radius 2 is 2.00 bits per heavy atom. The van der Waals surface area contributed by atoms with Gasteiger partial charge in [-0.1, -0.05) is 42.3 Å². The minimum atomic E-state index is 0.715. The molecule has 3 aliphatic heterocycles. The van der Waals surface area contributed by atoms with Crippen molar-refractivity contribution in [1.29, 1.82) is 0 Å². The van der Waals surface area contributed by atoms with E-state index in [0.29, 0.717) is 6.04 Å². The lowest BCUT2D eigenvalue weighted by Crippen LogP contribution is -2.59. The molecule has 0 spiro atoms. The molecule has 2 bridgehead atoms. The SMILES string of the molecule is Cc1ccccc1CN1CCCC2=C[C@H]3C[C@H](CN4CCCC[C@H]34)[C@@H]21. The second kappa shape index (κ2) is 6.55. The van der Waals surface area contributed by atoms with Gasteiger partial charge in [0.15, 0.2) is 0 Å². The van der Waals surface area contributed by atoms with E-state index >= 15 is 0 Å². The quantitative estimate of drug-likeness (QED) is 0.739. The van der Waals surface area contributed by atoms with Gasteiger partial charge in [-0.15, -0.1) is 0 Å². The van der Waals surface area contributed by atoms with Crippen molar-refractivity contribution < 1.29 is 0 Å². The second-order valence-corrected chi connectivity index (χ2v) is 8.90. The maximum Gasteiger partial charge on any atom is 0.0351 e. The fourth-order valence-corrected chi connectivity index (χ4v) is 6.27. The average Bonchev–Trinajstić information content (AvgIpc) is 2.64. The van der Waals surface area contributed by atoms with Crippen LogP contribution in [-0.2, 0) is 6.54 Å². The first-order valence-corrected chi connectivity index (χ1v) is 10.5. The van der Waals surface area contributed by atoms with Crippen molar-refractivity contribution in [3.63, 3.8) is 0 Å². The molecule has 5 rings (SSSR count). The summed E-state index contributed by atoms with van der Waals surface area (Å²) in [5.74, 6) is 1.72. The average molecular weight is 337 g/mol. The van der Waals surface area contributed by atoms with Crippen LogP contribution in [0.25, 0.3) is 0 Å². The smallest absolute Gasteiger partial charge is 0.0351 e. The van der Waals surface area contributed by atoms with Gasteiger partial charge in [0.05, 0.1) is 0 Å². The summed E-state index contributed by atoms with van der Waals surface area (Å²) < 4.78 is 0. The second-order valence-electron chi connectivity index (χ2n) is 8.90. The Kier molecular flexibility index (Phi) is 4.22. The molecule has 2 heteroatoms. The van der Waals surface area contributed by atoms with Crippen LogP contribution >= 0.6 is 0 Å². The zero-order valence-corrected chi connectivity index (χ0v) is 15.7. The number of hydrogen-bond acceptors (Lipinski definition) is 2. The number of rotatable bonds is 2. The van der Waals surface area contributed by atoms with Crippen molar-refractivity contribution in [2.75, 3.05) is 19.6 Å². The predicted octanol–water partition coefficient (Wildman–Crippen LogP) is 4.39. The third-order valence-corrected chi connectivity index (χ3v) is 7.40. The molecule has 1 aromatic carbocycles. The number of piperidine rings is 3. The molecule has 1 aliphatic carbocycles. The Labute approximate surface area is 152 Å². The van der Waals surface area contributed by atoms with Gasteiger partial charge in [-0.2, -0.15) is 0 Å². The molecule has 2 nitrogen and oxygen atoms in total. The molecule has 4 aliphatic rings. The monoisotopic (exact) mass is 336 g/mol. The van der Waals surface area contributed by atoms with Crippen LogP contribution in [0.5, 0.6) is 0 Å². The van der Waals surface area contributed by atoms with Crippen molar-refractivity contribution in [2.24, 2.45) is 11.8 Å². The molecule has 0 saturated carbocycles. The zero-order chi connectivity index (χ0) is 16.8. The number of likely N-dealkylation sites (tertiary alicyclic amines) is 1. The predicted molar refractivity (Wildman–Crippen MR) is 104 cm³/mol. The van der Waals surface area contributed by atoms with Gasteiger partial charge in [0.1, 0.15) is 0 Å². The Morgan fingerprint density at radius 1 is 1.08 bits per heavy atom. The largest absolute Gasteiger partial charge is 0.299 e. The molecule has 0 radical (unpaired) electrons. The summed E-state index contributed by atoms with van der Waals surface area (Å²) in [5, 5.41) is 0. The first-order valence-electron chi connectivity index (χ1n) is 10.5. The lowest BCUT2D eigenvalue weighted by atomic mass is 9.68. The molecule has 0 amide bonds. The molecule has 0 unspecified atom stereocenters. The summed E-state index contributed by atoms with van der Waals surface area (Å²) in [4.78, 5) is 5.68. The van der Waals surface area contributed by atoms with Crippen LogP contribution < -0.4 is 0 Å². The molecule has 3 fully saturated rings. The summed E-state index contributed by atoms with van der Waals surface area (Å²) in [5.41, 5.74) is 4.77. The third kappa shape index (κ3) is 2.88. The number of nitrogens with zero attached hydrogens (tertiary/aromatic N) is 2. The van der Waals surface area contributed by atoms with E-state index in [-0.39, 0.29) is 0 Å². The van der Waals surface area contributed by atoms with E-state index in [4.69, 9.17) is 0 Å². The topological polar surface area (TPSA) is 6.48 Å². The van der Waals surface area contributed by atoms with Gasteiger partial charge in [-0.3, -0.25) is 9.80 Å². The number of hydrogen-bond donors (Lipinski definition) is 0. The minimum absolute atomic E-state index is 0.715. The fourth-order valence-electron chi connectivity index (χ4n) is 6.27. The first-order chi connectivity index (χ1) is 12.3. The summed E-state index contributed by atoms with van der Waals surface area (Å²) in [6.07, 6.45) is 11.2. The highest BCUT2D eigenvalue weighted by Crippen LogP contribution is 2.45. The molecule has 1 aromatic rings. The van der Waals surface area contributed by atoms with Gasteiger partial charge < -0.3 is 0 Å². The Balaban J connectivity index is 1.42. The standard InChI is InChI=1S/C23H32N2/c1-17-7-2-3-8-19(17)15-25-12-6-9-18-13-20-14-21(23(18)25)16-24-11-5-4-10-22(20)24/h2-3,7-8,13,20-23H,4-6,9-12,14-16H2,1H3/t20-,21+,22+,23+/m0/s1. The normalized spacial score (nSPS) is 35.6. The molecule has 0 aromatic heterocycles. The van der Waals surface area contributed by atoms with Crippen LogP contribution in [-0.4, -0.2) is 41.5 Å². The molecule has 3 heterocycles. The highest BCUT2D eigenvalue weighted by molar-refractivity contribution is 5.28. The highest BCUT2D eigenvalue weighted by atomic mass is 15.2. The van der Waals surface area contributed by atoms with Crippen LogP contribution in [0.2, 0.25) is 0 Å². The molecule has 134 valence electrons. The lowest BCUT2D eigenvalue weighted by Gasteiger charge is -2.55. The molecule has 25 heavy (non-hydrogen) atoms. The van der Waals surface area contributed by atoms with Crippen molar-refractivity contribution in [2.45, 2.75) is 64.1 Å². The summed E-state index contributed by atoms with van der Waals surface area (Å²) >= 11 is 0. The van der Waals surface area contributed by atoms with E-state index in [0.717, 1.165) is 24.4 Å². The van der Waals surface area contributed by atoms with Gasteiger partial charge in [0, 0.05) is 25.2 Å². The molecule has 0 N–H and O–H groups in total. The number of benzene rings is 1. The van der Waals surface area contributed by atoms with Crippen LogP contribution in [0.1, 0.15) is 49.7 Å². The first kappa shape index (κ1) is 16.1.